The summed E-state index contributed by atoms with van der Waals surface area (Å²) in [6.45, 7) is 3.84. The van der Waals surface area contributed by atoms with Crippen molar-refractivity contribution in [1.29, 1.82) is 0 Å². The number of rotatable bonds is 4. The first-order valence-electron chi connectivity index (χ1n) is 11.7. The van der Waals surface area contributed by atoms with Gasteiger partial charge in [-0.1, -0.05) is 18.2 Å². The SMILES string of the molecule is Cc1ncnc(N2CCOc3ccc(-c4ccn5nc(N)nc5c4)cc3C2)c1Cc1ccc(F)cc1. The van der Waals surface area contributed by atoms with Gasteiger partial charge >= 0.3 is 0 Å². The molecule has 180 valence electrons. The van der Waals surface area contributed by atoms with Gasteiger partial charge in [-0.15, -0.1) is 5.10 Å². The van der Waals surface area contributed by atoms with Gasteiger partial charge in [0.05, 0.1) is 6.54 Å². The van der Waals surface area contributed by atoms with E-state index in [1.54, 1.807) is 23.0 Å². The van der Waals surface area contributed by atoms with Crippen LogP contribution in [0.25, 0.3) is 16.8 Å². The van der Waals surface area contributed by atoms with Crippen LogP contribution in [0.3, 0.4) is 0 Å². The average molecular weight is 482 g/mol. The van der Waals surface area contributed by atoms with Crippen LogP contribution in [0.2, 0.25) is 0 Å². The molecule has 0 saturated carbocycles. The highest BCUT2D eigenvalue weighted by Gasteiger charge is 2.21. The number of nitrogens with two attached hydrogens (primary N) is 1. The molecule has 6 rings (SSSR count). The van der Waals surface area contributed by atoms with Crippen molar-refractivity contribution < 1.29 is 9.13 Å². The standard InChI is InChI=1S/C27H24FN7O/c1-17-23(12-18-2-5-22(28)6-3-18)26(31-16-30-17)34-10-11-36-24-7-4-19(13-21(24)15-34)20-8-9-35-25(14-20)32-27(29)33-35/h2-9,13-14,16H,10-12,15H2,1H3,(H2,29,33). The Labute approximate surface area is 207 Å². The highest BCUT2D eigenvalue weighted by molar-refractivity contribution is 5.69. The van der Waals surface area contributed by atoms with E-state index in [-0.39, 0.29) is 11.8 Å². The summed E-state index contributed by atoms with van der Waals surface area (Å²) in [5, 5.41) is 4.15. The van der Waals surface area contributed by atoms with E-state index in [4.69, 9.17) is 10.5 Å². The molecule has 2 N–H and O–H groups in total. The molecule has 3 aromatic heterocycles. The normalized spacial score (nSPS) is 13.3. The van der Waals surface area contributed by atoms with Crippen LogP contribution in [-0.2, 0) is 13.0 Å². The van der Waals surface area contributed by atoms with Gasteiger partial charge in [-0.25, -0.2) is 18.9 Å². The van der Waals surface area contributed by atoms with Crippen LogP contribution in [0.5, 0.6) is 5.75 Å². The fraction of sp³-hybridized carbons (Fsp3) is 0.185. The van der Waals surface area contributed by atoms with Gasteiger partial charge in [0, 0.05) is 36.0 Å². The highest BCUT2D eigenvalue weighted by atomic mass is 19.1. The third kappa shape index (κ3) is 4.19. The van der Waals surface area contributed by atoms with Gasteiger partial charge < -0.3 is 15.4 Å². The second kappa shape index (κ2) is 8.92. The van der Waals surface area contributed by atoms with E-state index in [0.29, 0.717) is 31.8 Å². The van der Waals surface area contributed by atoms with E-state index < -0.39 is 0 Å². The first kappa shape index (κ1) is 22.0. The van der Waals surface area contributed by atoms with Crippen LogP contribution < -0.4 is 15.4 Å². The summed E-state index contributed by atoms with van der Waals surface area (Å²) in [7, 11) is 0. The van der Waals surface area contributed by atoms with E-state index in [0.717, 1.165) is 45.1 Å². The molecule has 36 heavy (non-hydrogen) atoms. The summed E-state index contributed by atoms with van der Waals surface area (Å²) < 4.78 is 21.2. The maximum absolute atomic E-state index is 13.4. The van der Waals surface area contributed by atoms with Gasteiger partial charge in [-0.05, 0) is 60.0 Å². The highest BCUT2D eigenvalue weighted by Crippen LogP contribution is 2.32. The lowest BCUT2D eigenvalue weighted by molar-refractivity contribution is 0.331. The summed E-state index contributed by atoms with van der Waals surface area (Å²) in [6, 6.07) is 16.7. The molecule has 2 aromatic carbocycles. The van der Waals surface area contributed by atoms with Crippen LogP contribution in [0.15, 0.2) is 67.1 Å². The van der Waals surface area contributed by atoms with Crippen LogP contribution in [-0.4, -0.2) is 37.7 Å². The van der Waals surface area contributed by atoms with E-state index in [1.807, 2.05) is 31.3 Å². The lowest BCUT2D eigenvalue weighted by Gasteiger charge is -2.24. The molecule has 1 aliphatic heterocycles. The number of halogens is 1. The number of fused-ring (bicyclic) bond motifs is 2. The Kier molecular flexibility index (Phi) is 5.44. The smallest absolute Gasteiger partial charge is 0.240 e. The van der Waals surface area contributed by atoms with Crippen molar-refractivity contribution in [3.05, 3.63) is 95.3 Å². The number of benzene rings is 2. The molecule has 0 amide bonds. The quantitative estimate of drug-likeness (QED) is 0.411. The lowest BCUT2D eigenvalue weighted by Crippen LogP contribution is -2.28. The predicted molar refractivity (Wildman–Crippen MR) is 135 cm³/mol. The lowest BCUT2D eigenvalue weighted by atomic mass is 10.0. The molecule has 1 aliphatic rings. The Morgan fingerprint density at radius 3 is 2.72 bits per heavy atom. The molecule has 0 unspecified atom stereocenters. The largest absolute Gasteiger partial charge is 0.491 e. The third-order valence-electron chi connectivity index (χ3n) is 6.46. The number of anilines is 2. The number of nitrogens with zero attached hydrogens (tertiary/aromatic N) is 6. The number of hydrogen-bond acceptors (Lipinski definition) is 7. The zero-order valence-corrected chi connectivity index (χ0v) is 19.7. The van der Waals surface area contributed by atoms with Crippen LogP contribution >= 0.6 is 0 Å². The summed E-state index contributed by atoms with van der Waals surface area (Å²) in [5.41, 5.74) is 12.5. The van der Waals surface area contributed by atoms with Crippen LogP contribution in [0, 0.1) is 12.7 Å². The van der Waals surface area contributed by atoms with Crippen LogP contribution in [0.4, 0.5) is 16.2 Å². The van der Waals surface area contributed by atoms with Crippen molar-refractivity contribution >= 4 is 17.4 Å². The van der Waals surface area contributed by atoms with Gasteiger partial charge in [0.1, 0.15) is 30.3 Å². The van der Waals surface area contributed by atoms with Gasteiger partial charge in [0.2, 0.25) is 5.95 Å². The Morgan fingerprint density at radius 1 is 1.03 bits per heavy atom. The molecular weight excluding hydrogens is 457 g/mol. The average Bonchev–Trinajstić information content (AvgIpc) is 3.12. The fourth-order valence-corrected chi connectivity index (χ4v) is 4.61. The minimum absolute atomic E-state index is 0.245. The molecule has 9 heteroatoms. The monoisotopic (exact) mass is 481 g/mol. The van der Waals surface area contributed by atoms with Crippen molar-refractivity contribution in [1.82, 2.24) is 24.6 Å². The first-order valence-corrected chi connectivity index (χ1v) is 11.7. The number of ether oxygens (including phenoxy) is 1. The molecule has 0 spiro atoms. The molecule has 8 nitrogen and oxygen atoms in total. The zero-order valence-electron chi connectivity index (χ0n) is 19.7. The van der Waals surface area contributed by atoms with E-state index in [9.17, 15) is 4.39 Å². The Balaban J connectivity index is 1.34. The predicted octanol–water partition coefficient (Wildman–Crippen LogP) is 4.21. The van der Waals surface area contributed by atoms with Crippen molar-refractivity contribution in [3.63, 3.8) is 0 Å². The number of pyridine rings is 1. The second-order valence-corrected chi connectivity index (χ2v) is 8.85. The number of aromatic nitrogens is 5. The minimum Gasteiger partial charge on any atom is -0.491 e. The topological polar surface area (TPSA) is 94.5 Å². The number of aryl methyl sites for hydroxylation is 1. The van der Waals surface area contributed by atoms with Crippen molar-refractivity contribution in [2.75, 3.05) is 23.8 Å². The summed E-state index contributed by atoms with van der Waals surface area (Å²) in [4.78, 5) is 15.6. The van der Waals surface area contributed by atoms with Crippen molar-refractivity contribution in [2.24, 2.45) is 0 Å². The fourth-order valence-electron chi connectivity index (χ4n) is 4.61. The van der Waals surface area contributed by atoms with Crippen molar-refractivity contribution in [2.45, 2.75) is 19.9 Å². The molecule has 0 saturated heterocycles. The van der Waals surface area contributed by atoms with Crippen LogP contribution in [0.1, 0.15) is 22.4 Å². The number of nitrogen functional groups attached to an aromatic ring is 1. The Hall–Kier alpha value is -4.53. The third-order valence-corrected chi connectivity index (χ3v) is 6.46. The molecule has 5 aromatic rings. The van der Waals surface area contributed by atoms with E-state index in [2.05, 4.69) is 37.1 Å². The summed E-state index contributed by atoms with van der Waals surface area (Å²) >= 11 is 0. The summed E-state index contributed by atoms with van der Waals surface area (Å²) in [6.07, 6.45) is 4.07. The molecule has 0 radical (unpaired) electrons. The van der Waals surface area contributed by atoms with Gasteiger partial charge in [-0.2, -0.15) is 4.98 Å². The van der Waals surface area contributed by atoms with Gasteiger partial charge in [0.25, 0.3) is 0 Å². The molecule has 0 atom stereocenters. The Morgan fingerprint density at radius 2 is 1.86 bits per heavy atom. The summed E-state index contributed by atoms with van der Waals surface area (Å²) in [5.74, 6) is 1.73. The molecule has 0 aliphatic carbocycles. The van der Waals surface area contributed by atoms with Gasteiger partial charge in [-0.3, -0.25) is 0 Å². The first-order chi connectivity index (χ1) is 17.5. The zero-order chi connectivity index (χ0) is 24.6. The maximum Gasteiger partial charge on any atom is 0.240 e. The maximum atomic E-state index is 13.4. The molecule has 0 bridgehead atoms. The van der Waals surface area contributed by atoms with Crippen molar-refractivity contribution in [3.8, 4) is 16.9 Å². The van der Waals surface area contributed by atoms with E-state index >= 15 is 0 Å². The molecule has 4 heterocycles. The second-order valence-electron chi connectivity index (χ2n) is 8.85. The minimum atomic E-state index is -0.247. The molecular formula is C27H24FN7O. The number of hydrogen-bond donors (Lipinski definition) is 1. The van der Waals surface area contributed by atoms with Gasteiger partial charge in [0.15, 0.2) is 5.65 Å². The Bertz CT molecular complexity index is 1570. The molecule has 0 fully saturated rings. The van der Waals surface area contributed by atoms with E-state index in [1.165, 1.54) is 12.1 Å².